The fourth-order valence-corrected chi connectivity index (χ4v) is 4.73. The third-order valence-corrected chi connectivity index (χ3v) is 7.18. The molecule has 2 aliphatic rings. The Kier molecular flexibility index (Phi) is 6.20. The molecule has 2 saturated heterocycles. The highest BCUT2D eigenvalue weighted by Crippen LogP contribution is 2.46. The zero-order valence-electron chi connectivity index (χ0n) is 18.6. The first-order valence-corrected chi connectivity index (χ1v) is 10.8. The van der Waals surface area contributed by atoms with E-state index in [1.54, 1.807) is 11.0 Å². The number of alkyl halides is 3. The number of anilines is 1. The first-order chi connectivity index (χ1) is 14.8. The van der Waals surface area contributed by atoms with Crippen LogP contribution in [0.3, 0.4) is 0 Å². The van der Waals surface area contributed by atoms with Gasteiger partial charge >= 0.3 is 6.18 Å². The molecule has 9 heteroatoms. The molecular weight excluding hydrogens is 421 g/mol. The van der Waals surface area contributed by atoms with Crippen LogP contribution in [-0.4, -0.2) is 42.4 Å². The van der Waals surface area contributed by atoms with Gasteiger partial charge in [0.1, 0.15) is 6.04 Å². The average Bonchev–Trinajstić information content (AvgIpc) is 3.12. The van der Waals surface area contributed by atoms with Crippen LogP contribution in [0.5, 0.6) is 0 Å². The zero-order chi connectivity index (χ0) is 23.9. The first-order valence-electron chi connectivity index (χ1n) is 10.8. The molecule has 3 rings (SSSR count). The number of rotatable bonds is 4. The summed E-state index contributed by atoms with van der Waals surface area (Å²) in [7, 11) is 0. The summed E-state index contributed by atoms with van der Waals surface area (Å²) < 4.78 is 40.0. The lowest BCUT2D eigenvalue weighted by atomic mass is 9.76. The summed E-state index contributed by atoms with van der Waals surface area (Å²) in [5, 5.41) is 9.00. The van der Waals surface area contributed by atoms with Gasteiger partial charge in [-0.2, -0.15) is 18.4 Å². The van der Waals surface area contributed by atoms with Crippen molar-refractivity contribution in [1.29, 1.82) is 5.26 Å². The SMILES string of the molecule is CCC(C)(C)C(=O)N1CC2(CCN(c3ccc(C#N)c(C(F)(F)F)c3)CC2)CC1C(N)=O. The fourth-order valence-electron chi connectivity index (χ4n) is 4.73. The molecule has 1 aromatic carbocycles. The van der Waals surface area contributed by atoms with Crippen molar-refractivity contribution in [1.82, 2.24) is 4.90 Å². The van der Waals surface area contributed by atoms with Crippen LogP contribution in [0.25, 0.3) is 0 Å². The number of likely N-dealkylation sites (tertiary alicyclic amines) is 1. The number of carbonyl (C=O) groups excluding carboxylic acids is 2. The van der Waals surface area contributed by atoms with Crippen LogP contribution in [0.2, 0.25) is 0 Å². The Labute approximate surface area is 186 Å². The molecule has 6 nitrogen and oxygen atoms in total. The predicted octanol–water partition coefficient (Wildman–Crippen LogP) is 3.69. The number of halogens is 3. The minimum absolute atomic E-state index is 0.0926. The van der Waals surface area contributed by atoms with Gasteiger partial charge in [0.15, 0.2) is 0 Å². The normalized spacial score (nSPS) is 21.0. The molecule has 2 N–H and O–H groups in total. The number of benzene rings is 1. The number of primary amides is 1. The third-order valence-electron chi connectivity index (χ3n) is 7.18. The number of amides is 2. The van der Waals surface area contributed by atoms with Crippen LogP contribution in [0, 0.1) is 22.2 Å². The minimum Gasteiger partial charge on any atom is -0.371 e. The van der Waals surface area contributed by atoms with Crippen molar-refractivity contribution in [2.24, 2.45) is 16.6 Å². The maximum absolute atomic E-state index is 13.3. The number of nitrogens with two attached hydrogens (primary N) is 1. The lowest BCUT2D eigenvalue weighted by molar-refractivity contribution is -0.145. The number of hydrogen-bond acceptors (Lipinski definition) is 4. The molecular formula is C23H29F3N4O2. The number of nitriles is 1. The molecule has 0 radical (unpaired) electrons. The molecule has 0 aliphatic carbocycles. The highest BCUT2D eigenvalue weighted by Gasteiger charge is 2.51. The molecule has 1 aromatic rings. The van der Waals surface area contributed by atoms with E-state index in [0.717, 1.165) is 6.07 Å². The molecule has 2 fully saturated rings. The topological polar surface area (TPSA) is 90.4 Å². The monoisotopic (exact) mass is 450 g/mol. The molecule has 32 heavy (non-hydrogen) atoms. The van der Waals surface area contributed by atoms with Crippen LogP contribution in [0.4, 0.5) is 18.9 Å². The first kappa shape index (κ1) is 23.9. The van der Waals surface area contributed by atoms with Crippen LogP contribution < -0.4 is 10.6 Å². The second kappa shape index (κ2) is 8.30. The Morgan fingerprint density at radius 3 is 2.38 bits per heavy atom. The molecule has 0 bridgehead atoms. The second-order valence-corrected chi connectivity index (χ2v) is 9.62. The van der Waals surface area contributed by atoms with Crippen molar-refractivity contribution in [2.75, 3.05) is 24.5 Å². The average molecular weight is 451 g/mol. The van der Waals surface area contributed by atoms with Crippen molar-refractivity contribution in [3.05, 3.63) is 29.3 Å². The van der Waals surface area contributed by atoms with Gasteiger partial charge < -0.3 is 15.5 Å². The standard InChI is InChI=1S/C23H29F3N4O2/c1-4-21(2,3)20(32)30-14-22(12-18(30)19(28)31)7-9-29(10-8-22)16-6-5-15(13-27)17(11-16)23(24,25)26/h5-6,11,18H,4,7-10,12,14H2,1-3H3,(H2,28,31). The van der Waals surface area contributed by atoms with Gasteiger partial charge in [-0.25, -0.2) is 0 Å². The lowest BCUT2D eigenvalue weighted by Gasteiger charge is -2.40. The van der Waals surface area contributed by atoms with Gasteiger partial charge in [0.05, 0.1) is 17.2 Å². The number of piperidine rings is 1. The van der Waals surface area contributed by atoms with Crippen molar-refractivity contribution < 1.29 is 22.8 Å². The van der Waals surface area contributed by atoms with Gasteiger partial charge in [-0.3, -0.25) is 9.59 Å². The largest absolute Gasteiger partial charge is 0.417 e. The van der Waals surface area contributed by atoms with E-state index in [2.05, 4.69) is 0 Å². The van der Waals surface area contributed by atoms with E-state index in [1.807, 2.05) is 25.7 Å². The summed E-state index contributed by atoms with van der Waals surface area (Å²) >= 11 is 0. The van der Waals surface area contributed by atoms with Gasteiger partial charge in [-0.05, 0) is 49.3 Å². The zero-order valence-corrected chi connectivity index (χ0v) is 18.6. The maximum atomic E-state index is 13.3. The molecule has 0 saturated carbocycles. The Hall–Kier alpha value is -2.76. The Morgan fingerprint density at radius 2 is 1.88 bits per heavy atom. The summed E-state index contributed by atoms with van der Waals surface area (Å²) in [4.78, 5) is 28.7. The quantitative estimate of drug-likeness (QED) is 0.758. The Bertz CT molecular complexity index is 944. The lowest BCUT2D eigenvalue weighted by Crippen LogP contribution is -2.49. The number of nitrogens with zero attached hydrogens (tertiary/aromatic N) is 3. The molecule has 1 spiro atoms. The van der Waals surface area contributed by atoms with E-state index in [1.165, 1.54) is 12.1 Å². The van der Waals surface area contributed by atoms with E-state index in [-0.39, 0.29) is 11.3 Å². The smallest absolute Gasteiger partial charge is 0.371 e. The fraction of sp³-hybridized carbons (Fsp3) is 0.609. The minimum atomic E-state index is -4.61. The van der Waals surface area contributed by atoms with E-state index < -0.39 is 34.7 Å². The summed E-state index contributed by atoms with van der Waals surface area (Å²) in [5.41, 5.74) is 3.82. The molecule has 174 valence electrons. The highest BCUT2D eigenvalue weighted by atomic mass is 19.4. The summed E-state index contributed by atoms with van der Waals surface area (Å²) in [6.45, 7) is 7.04. The summed E-state index contributed by atoms with van der Waals surface area (Å²) in [6, 6.07) is 4.70. The molecule has 1 atom stereocenters. The Balaban J connectivity index is 1.78. The summed E-state index contributed by atoms with van der Waals surface area (Å²) in [6.07, 6.45) is -2.23. The summed E-state index contributed by atoms with van der Waals surface area (Å²) in [5.74, 6) is -0.614. The van der Waals surface area contributed by atoms with E-state index in [0.29, 0.717) is 51.0 Å². The van der Waals surface area contributed by atoms with Gasteiger partial charge in [0.2, 0.25) is 11.8 Å². The van der Waals surface area contributed by atoms with Crippen LogP contribution in [-0.2, 0) is 15.8 Å². The molecule has 0 aromatic heterocycles. The van der Waals surface area contributed by atoms with Gasteiger partial charge in [-0.1, -0.05) is 20.8 Å². The van der Waals surface area contributed by atoms with Gasteiger partial charge in [-0.15, -0.1) is 0 Å². The maximum Gasteiger partial charge on any atom is 0.417 e. The van der Waals surface area contributed by atoms with Gasteiger partial charge in [0, 0.05) is 30.7 Å². The van der Waals surface area contributed by atoms with Crippen molar-refractivity contribution >= 4 is 17.5 Å². The third kappa shape index (κ3) is 4.41. The molecule has 2 aliphatic heterocycles. The van der Waals surface area contributed by atoms with Crippen LogP contribution >= 0.6 is 0 Å². The van der Waals surface area contributed by atoms with E-state index in [9.17, 15) is 22.8 Å². The van der Waals surface area contributed by atoms with Crippen molar-refractivity contribution in [3.8, 4) is 6.07 Å². The van der Waals surface area contributed by atoms with Crippen LogP contribution in [0.15, 0.2) is 18.2 Å². The van der Waals surface area contributed by atoms with Gasteiger partial charge in [0.25, 0.3) is 0 Å². The van der Waals surface area contributed by atoms with E-state index >= 15 is 0 Å². The molecule has 2 heterocycles. The van der Waals surface area contributed by atoms with Crippen molar-refractivity contribution in [3.63, 3.8) is 0 Å². The Morgan fingerprint density at radius 1 is 1.25 bits per heavy atom. The second-order valence-electron chi connectivity index (χ2n) is 9.62. The number of carbonyl (C=O) groups is 2. The molecule has 2 amide bonds. The van der Waals surface area contributed by atoms with Crippen molar-refractivity contribution in [2.45, 2.75) is 58.7 Å². The van der Waals surface area contributed by atoms with E-state index in [4.69, 9.17) is 11.0 Å². The predicted molar refractivity (Wildman–Crippen MR) is 113 cm³/mol. The highest BCUT2D eigenvalue weighted by molar-refractivity contribution is 5.89. The van der Waals surface area contributed by atoms with Crippen LogP contribution in [0.1, 0.15) is 57.6 Å². The number of hydrogen-bond donors (Lipinski definition) is 1. The molecule has 1 unspecified atom stereocenters.